The van der Waals surface area contributed by atoms with E-state index in [0.717, 1.165) is 5.56 Å². The lowest BCUT2D eigenvalue weighted by Crippen LogP contribution is -2.19. The van der Waals surface area contributed by atoms with E-state index in [9.17, 15) is 9.59 Å². The third kappa shape index (κ3) is 3.50. The number of hydrogen-bond acceptors (Lipinski definition) is 3. The van der Waals surface area contributed by atoms with Gasteiger partial charge in [0, 0.05) is 6.42 Å². The summed E-state index contributed by atoms with van der Waals surface area (Å²) in [4.78, 5) is 22.6. The lowest BCUT2D eigenvalue weighted by atomic mass is 9.96. The molecule has 1 rings (SSSR count). The first-order valence-corrected chi connectivity index (χ1v) is 5.40. The summed E-state index contributed by atoms with van der Waals surface area (Å²) in [7, 11) is 0. The van der Waals surface area contributed by atoms with Gasteiger partial charge in [-0.05, 0) is 18.4 Å². The van der Waals surface area contributed by atoms with E-state index >= 15 is 0 Å². The predicted molar refractivity (Wildman–Crippen MR) is 61.1 cm³/mol. The average molecular weight is 220 g/mol. The summed E-state index contributed by atoms with van der Waals surface area (Å²) in [6.07, 6.45) is 0.197. The summed E-state index contributed by atoms with van der Waals surface area (Å²) in [6.45, 7) is 3.85. The normalized spacial score (nSPS) is 11.9. The van der Waals surface area contributed by atoms with Crippen LogP contribution in [0.2, 0.25) is 0 Å². The highest BCUT2D eigenvalue weighted by Gasteiger charge is 2.18. The number of ketones is 1. The van der Waals surface area contributed by atoms with Crippen molar-refractivity contribution in [1.82, 2.24) is 0 Å². The van der Waals surface area contributed by atoms with Gasteiger partial charge in [0.2, 0.25) is 5.78 Å². The number of Topliss-reactive ketones (excluding diaryl/α,β-unsaturated/α-hetero) is 1. The molecule has 3 heteroatoms. The topological polar surface area (TPSA) is 43.4 Å². The highest BCUT2D eigenvalue weighted by Crippen LogP contribution is 2.18. The quantitative estimate of drug-likeness (QED) is 0.565. The molecule has 0 fully saturated rings. The van der Waals surface area contributed by atoms with Crippen molar-refractivity contribution in [3.63, 3.8) is 0 Å². The van der Waals surface area contributed by atoms with Gasteiger partial charge in [-0.1, -0.05) is 37.3 Å². The van der Waals surface area contributed by atoms with Crippen LogP contribution >= 0.6 is 0 Å². The maximum Gasteiger partial charge on any atom is 0.374 e. The molecule has 0 bridgehead atoms. The Balaban J connectivity index is 2.55. The zero-order chi connectivity index (χ0) is 12.0. The number of esters is 1. The minimum absolute atomic E-state index is 0.0399. The molecule has 0 N–H and O–H groups in total. The van der Waals surface area contributed by atoms with E-state index in [2.05, 4.69) is 4.74 Å². The second-order valence-corrected chi connectivity index (χ2v) is 3.66. The van der Waals surface area contributed by atoms with Crippen LogP contribution in [0.5, 0.6) is 0 Å². The zero-order valence-electron chi connectivity index (χ0n) is 9.60. The molecule has 16 heavy (non-hydrogen) atoms. The summed E-state index contributed by atoms with van der Waals surface area (Å²) in [5.41, 5.74) is 1.06. The summed E-state index contributed by atoms with van der Waals surface area (Å²) in [5.74, 6) is -1.15. The van der Waals surface area contributed by atoms with Gasteiger partial charge in [-0.3, -0.25) is 4.79 Å². The lowest BCUT2D eigenvalue weighted by Gasteiger charge is -2.09. The second-order valence-electron chi connectivity index (χ2n) is 3.66. The maximum atomic E-state index is 11.4. The first kappa shape index (κ1) is 12.4. The molecular weight excluding hydrogens is 204 g/mol. The molecule has 0 heterocycles. The third-order valence-corrected chi connectivity index (χ3v) is 2.36. The Hall–Kier alpha value is -1.64. The van der Waals surface area contributed by atoms with E-state index < -0.39 is 11.8 Å². The molecule has 0 saturated heterocycles. The molecular formula is C13H16O3. The molecule has 3 nitrogen and oxygen atoms in total. The number of hydrogen-bond donors (Lipinski definition) is 0. The fourth-order valence-electron chi connectivity index (χ4n) is 1.47. The van der Waals surface area contributed by atoms with Crippen molar-refractivity contribution >= 4 is 11.8 Å². The molecule has 0 saturated carbocycles. The summed E-state index contributed by atoms with van der Waals surface area (Å²) in [6, 6.07) is 9.65. The van der Waals surface area contributed by atoms with E-state index in [1.807, 2.05) is 37.3 Å². The Morgan fingerprint density at radius 1 is 1.25 bits per heavy atom. The minimum atomic E-state index is -0.731. The second kappa shape index (κ2) is 6.05. The standard InChI is InChI=1S/C13H16O3/c1-3-16-13(15)12(14)9-10(2)11-7-5-4-6-8-11/h4-8,10H,3,9H2,1-2H3/t10-/m0/s1. The maximum absolute atomic E-state index is 11.4. The average Bonchev–Trinajstić information content (AvgIpc) is 2.30. The molecule has 86 valence electrons. The van der Waals surface area contributed by atoms with Gasteiger partial charge in [-0.15, -0.1) is 0 Å². The summed E-state index contributed by atoms with van der Waals surface area (Å²) < 4.78 is 4.65. The van der Waals surface area contributed by atoms with Gasteiger partial charge >= 0.3 is 5.97 Å². The molecule has 0 amide bonds. The van der Waals surface area contributed by atoms with Crippen LogP contribution in [0.25, 0.3) is 0 Å². The van der Waals surface area contributed by atoms with E-state index in [1.54, 1.807) is 6.92 Å². The zero-order valence-corrected chi connectivity index (χ0v) is 9.60. The van der Waals surface area contributed by atoms with Crippen LogP contribution in [-0.4, -0.2) is 18.4 Å². The van der Waals surface area contributed by atoms with Crippen LogP contribution in [0.3, 0.4) is 0 Å². The van der Waals surface area contributed by atoms with Crippen molar-refractivity contribution in [3.05, 3.63) is 35.9 Å². The fourth-order valence-corrected chi connectivity index (χ4v) is 1.47. The highest BCUT2D eigenvalue weighted by atomic mass is 16.5. The SMILES string of the molecule is CCOC(=O)C(=O)C[C@H](C)c1ccccc1. The summed E-state index contributed by atoms with van der Waals surface area (Å²) in [5, 5.41) is 0. The van der Waals surface area contributed by atoms with Gasteiger partial charge < -0.3 is 4.74 Å². The Kier molecular flexibility index (Phi) is 4.70. The van der Waals surface area contributed by atoms with Crippen LogP contribution in [-0.2, 0) is 14.3 Å². The van der Waals surface area contributed by atoms with Crippen molar-refractivity contribution in [3.8, 4) is 0 Å². The Bertz CT molecular complexity index is 357. The first-order chi connectivity index (χ1) is 7.65. The van der Waals surface area contributed by atoms with Crippen LogP contribution in [0.1, 0.15) is 31.7 Å². The van der Waals surface area contributed by atoms with E-state index in [-0.39, 0.29) is 18.9 Å². The van der Waals surface area contributed by atoms with Crippen molar-refractivity contribution in [2.45, 2.75) is 26.2 Å². The Labute approximate surface area is 95.4 Å². The van der Waals surface area contributed by atoms with Crippen molar-refractivity contribution in [2.24, 2.45) is 0 Å². The van der Waals surface area contributed by atoms with Crippen molar-refractivity contribution in [1.29, 1.82) is 0 Å². The van der Waals surface area contributed by atoms with Gasteiger partial charge in [0.1, 0.15) is 0 Å². The number of rotatable bonds is 5. The lowest BCUT2D eigenvalue weighted by molar-refractivity contribution is -0.153. The van der Waals surface area contributed by atoms with Gasteiger partial charge in [0.15, 0.2) is 0 Å². The van der Waals surface area contributed by atoms with Crippen LogP contribution in [0, 0.1) is 0 Å². The van der Waals surface area contributed by atoms with E-state index in [0.29, 0.717) is 0 Å². The molecule has 0 spiro atoms. The van der Waals surface area contributed by atoms with Gasteiger partial charge in [0.25, 0.3) is 0 Å². The van der Waals surface area contributed by atoms with Crippen molar-refractivity contribution in [2.75, 3.05) is 6.61 Å². The van der Waals surface area contributed by atoms with Gasteiger partial charge in [-0.2, -0.15) is 0 Å². The number of benzene rings is 1. The molecule has 0 unspecified atom stereocenters. The van der Waals surface area contributed by atoms with Crippen LogP contribution < -0.4 is 0 Å². The Morgan fingerprint density at radius 3 is 2.44 bits per heavy atom. The van der Waals surface area contributed by atoms with E-state index in [4.69, 9.17) is 0 Å². The third-order valence-electron chi connectivity index (χ3n) is 2.36. The van der Waals surface area contributed by atoms with Crippen LogP contribution in [0.15, 0.2) is 30.3 Å². The number of ether oxygens (including phenoxy) is 1. The minimum Gasteiger partial charge on any atom is -0.460 e. The molecule has 1 atom stereocenters. The van der Waals surface area contributed by atoms with E-state index in [1.165, 1.54) is 0 Å². The molecule has 0 aliphatic carbocycles. The van der Waals surface area contributed by atoms with Gasteiger partial charge in [0.05, 0.1) is 6.61 Å². The first-order valence-electron chi connectivity index (χ1n) is 5.40. The highest BCUT2D eigenvalue weighted by molar-refractivity contribution is 6.33. The van der Waals surface area contributed by atoms with Crippen molar-refractivity contribution < 1.29 is 14.3 Å². The molecule has 1 aromatic carbocycles. The molecule has 0 aromatic heterocycles. The molecule has 0 aliphatic heterocycles. The fraction of sp³-hybridized carbons (Fsp3) is 0.385. The number of carbonyl (C=O) groups is 2. The molecule has 0 aliphatic rings. The smallest absolute Gasteiger partial charge is 0.374 e. The largest absolute Gasteiger partial charge is 0.460 e. The number of carbonyl (C=O) groups excluding carboxylic acids is 2. The Morgan fingerprint density at radius 2 is 1.88 bits per heavy atom. The monoisotopic (exact) mass is 220 g/mol. The molecule has 1 aromatic rings. The summed E-state index contributed by atoms with van der Waals surface area (Å²) >= 11 is 0. The molecule has 0 radical (unpaired) electrons. The predicted octanol–water partition coefficient (Wildman–Crippen LogP) is 2.31. The van der Waals surface area contributed by atoms with Gasteiger partial charge in [-0.25, -0.2) is 4.79 Å². The van der Waals surface area contributed by atoms with Crippen LogP contribution in [0.4, 0.5) is 0 Å².